The zero-order valence-corrected chi connectivity index (χ0v) is 14.6. The van der Waals surface area contributed by atoms with Crippen LogP contribution in [0, 0.1) is 0 Å². The number of benzene rings is 2. The second-order valence-electron chi connectivity index (χ2n) is 6.75. The quantitative estimate of drug-likeness (QED) is 0.574. The molecule has 1 fully saturated rings. The molecule has 1 aliphatic rings. The molecule has 1 saturated heterocycles. The summed E-state index contributed by atoms with van der Waals surface area (Å²) in [6.07, 6.45) is 3.54. The van der Waals surface area contributed by atoms with Gasteiger partial charge in [0.15, 0.2) is 0 Å². The van der Waals surface area contributed by atoms with Gasteiger partial charge >= 0.3 is 6.09 Å². The number of carbonyl (C=O) groups is 1. The number of hydrogen-bond donors (Lipinski definition) is 3. The third-order valence-electron chi connectivity index (χ3n) is 4.79. The summed E-state index contributed by atoms with van der Waals surface area (Å²) in [6.45, 7) is 2.26. The van der Waals surface area contributed by atoms with E-state index < -0.39 is 0 Å². The molecule has 5 heteroatoms. The second-order valence-corrected chi connectivity index (χ2v) is 6.75. The molecule has 4 rings (SSSR count). The van der Waals surface area contributed by atoms with Gasteiger partial charge in [-0.2, -0.15) is 0 Å². The zero-order valence-electron chi connectivity index (χ0n) is 14.6. The maximum Gasteiger partial charge on any atom is 0.407 e. The molecule has 1 aromatic heterocycles. The van der Waals surface area contributed by atoms with Gasteiger partial charge < -0.3 is 20.4 Å². The smallest absolute Gasteiger partial charge is 0.407 e. The highest BCUT2D eigenvalue weighted by molar-refractivity contribution is 5.84. The van der Waals surface area contributed by atoms with Crippen molar-refractivity contribution in [2.24, 2.45) is 0 Å². The molecule has 3 aromatic rings. The van der Waals surface area contributed by atoms with Crippen LogP contribution >= 0.6 is 0 Å². The van der Waals surface area contributed by atoms with Crippen molar-refractivity contribution in [2.75, 3.05) is 13.2 Å². The van der Waals surface area contributed by atoms with Crippen molar-refractivity contribution >= 4 is 17.0 Å². The summed E-state index contributed by atoms with van der Waals surface area (Å²) in [6, 6.07) is 17.0. The van der Waals surface area contributed by atoms with Crippen molar-refractivity contribution < 1.29 is 9.53 Å². The van der Waals surface area contributed by atoms with E-state index in [1.54, 1.807) is 0 Å². The van der Waals surface area contributed by atoms with E-state index in [0.717, 1.165) is 31.4 Å². The fraction of sp³-hybridized carbons (Fsp3) is 0.286. The summed E-state index contributed by atoms with van der Waals surface area (Å²) in [4.78, 5) is 14.5. The van der Waals surface area contributed by atoms with Crippen molar-refractivity contribution in [1.82, 2.24) is 15.6 Å². The predicted molar refractivity (Wildman–Crippen MR) is 102 cm³/mol. The predicted octanol–water partition coefficient (Wildman–Crippen LogP) is 3.15. The first kappa shape index (κ1) is 16.7. The normalized spacial score (nSPS) is 16.6. The third-order valence-corrected chi connectivity index (χ3v) is 4.79. The Balaban J connectivity index is 1.37. The van der Waals surface area contributed by atoms with Gasteiger partial charge in [0.2, 0.25) is 0 Å². The van der Waals surface area contributed by atoms with Gasteiger partial charge in [0.05, 0.1) is 6.04 Å². The lowest BCUT2D eigenvalue weighted by Gasteiger charge is -2.08. The third kappa shape index (κ3) is 3.89. The Kier molecular flexibility index (Phi) is 4.88. The van der Waals surface area contributed by atoms with E-state index in [0.29, 0.717) is 6.61 Å². The second kappa shape index (κ2) is 7.62. The molecule has 0 aliphatic carbocycles. The minimum atomic E-state index is -0.317. The van der Waals surface area contributed by atoms with Crippen molar-refractivity contribution in [3.63, 3.8) is 0 Å². The highest BCUT2D eigenvalue weighted by Gasteiger charge is 2.22. The van der Waals surface area contributed by atoms with E-state index in [4.69, 9.17) is 4.74 Å². The van der Waals surface area contributed by atoms with Crippen LogP contribution in [-0.4, -0.2) is 30.3 Å². The fourth-order valence-corrected chi connectivity index (χ4v) is 3.43. The molecule has 1 amide bonds. The summed E-state index contributed by atoms with van der Waals surface area (Å²) in [5.41, 5.74) is 4.98. The van der Waals surface area contributed by atoms with Crippen LogP contribution in [0.1, 0.15) is 16.7 Å². The number of rotatable bonds is 7. The Labute approximate surface area is 152 Å². The first-order valence-corrected chi connectivity index (χ1v) is 9.05. The first-order chi connectivity index (χ1) is 12.8. The summed E-state index contributed by atoms with van der Waals surface area (Å²) in [5.74, 6) is 0. The number of ether oxygens (including phenoxy) is 1. The molecular weight excluding hydrogens is 326 g/mol. The molecule has 1 aliphatic heterocycles. The van der Waals surface area contributed by atoms with Crippen LogP contribution in [0.15, 0.2) is 54.7 Å². The Hall–Kier alpha value is -2.79. The van der Waals surface area contributed by atoms with Crippen LogP contribution in [-0.2, 0) is 24.1 Å². The first-order valence-electron chi connectivity index (χ1n) is 9.05. The monoisotopic (exact) mass is 349 g/mol. The molecule has 1 atom stereocenters. The summed E-state index contributed by atoms with van der Waals surface area (Å²) in [7, 11) is 0. The summed E-state index contributed by atoms with van der Waals surface area (Å²) in [5, 5.41) is 7.60. The Bertz CT molecular complexity index is 889. The van der Waals surface area contributed by atoms with Crippen LogP contribution in [0.4, 0.5) is 4.79 Å². The molecule has 1 unspecified atom stereocenters. The van der Waals surface area contributed by atoms with Crippen molar-refractivity contribution in [3.05, 3.63) is 71.4 Å². The van der Waals surface area contributed by atoms with Gasteiger partial charge in [-0.1, -0.05) is 36.4 Å². The van der Waals surface area contributed by atoms with Gasteiger partial charge in [-0.05, 0) is 48.2 Å². The van der Waals surface area contributed by atoms with Crippen LogP contribution in [0.3, 0.4) is 0 Å². The van der Waals surface area contributed by atoms with Gasteiger partial charge in [0.25, 0.3) is 0 Å². The van der Waals surface area contributed by atoms with E-state index >= 15 is 0 Å². The van der Waals surface area contributed by atoms with E-state index in [1.165, 1.54) is 22.1 Å². The SMILES string of the molecule is O=C1NC(Cc2ccc3[nH]cc(CCNCc4ccccc4)c3c2)CO1. The molecule has 0 bridgehead atoms. The maximum atomic E-state index is 11.2. The van der Waals surface area contributed by atoms with Gasteiger partial charge in [-0.25, -0.2) is 4.79 Å². The lowest BCUT2D eigenvalue weighted by molar-refractivity contribution is 0.177. The lowest BCUT2D eigenvalue weighted by Crippen LogP contribution is -2.28. The summed E-state index contributed by atoms with van der Waals surface area (Å²) >= 11 is 0. The average Bonchev–Trinajstić information content (AvgIpc) is 3.25. The van der Waals surface area contributed by atoms with Crippen molar-refractivity contribution in [3.8, 4) is 0 Å². The molecule has 2 heterocycles. The number of hydrogen-bond acceptors (Lipinski definition) is 3. The van der Waals surface area contributed by atoms with Gasteiger partial charge in [-0.3, -0.25) is 0 Å². The number of carbonyl (C=O) groups excluding carboxylic acids is 1. The number of aromatic amines is 1. The Morgan fingerprint density at radius 2 is 2.00 bits per heavy atom. The van der Waals surface area contributed by atoms with Crippen LogP contribution in [0.2, 0.25) is 0 Å². The largest absolute Gasteiger partial charge is 0.447 e. The molecule has 0 saturated carbocycles. The standard InChI is InChI=1S/C21H23N3O2/c25-21-24-18(14-26-21)10-16-6-7-20-19(11-16)17(13-23-20)8-9-22-12-15-4-2-1-3-5-15/h1-7,11,13,18,22-23H,8-10,12,14H2,(H,24,25). The van der Waals surface area contributed by atoms with Crippen LogP contribution < -0.4 is 10.6 Å². The van der Waals surface area contributed by atoms with Crippen molar-refractivity contribution in [2.45, 2.75) is 25.4 Å². The molecule has 134 valence electrons. The number of cyclic esters (lactones) is 1. The number of nitrogens with one attached hydrogen (secondary N) is 3. The number of aromatic nitrogens is 1. The topological polar surface area (TPSA) is 66.2 Å². The van der Waals surface area contributed by atoms with Gasteiger partial charge in [0, 0.05) is 23.6 Å². The molecular formula is C21H23N3O2. The molecule has 26 heavy (non-hydrogen) atoms. The number of H-pyrrole nitrogens is 1. The van der Waals surface area contributed by atoms with E-state index in [2.05, 4.69) is 64.3 Å². The summed E-state index contributed by atoms with van der Waals surface area (Å²) < 4.78 is 4.97. The molecule has 0 spiro atoms. The minimum Gasteiger partial charge on any atom is -0.447 e. The van der Waals surface area contributed by atoms with Gasteiger partial charge in [-0.15, -0.1) is 0 Å². The number of amides is 1. The average molecular weight is 349 g/mol. The minimum absolute atomic E-state index is 0.0647. The van der Waals surface area contributed by atoms with Gasteiger partial charge in [0.1, 0.15) is 6.61 Å². The Morgan fingerprint density at radius 1 is 1.12 bits per heavy atom. The molecule has 2 aromatic carbocycles. The van der Waals surface area contributed by atoms with Crippen LogP contribution in [0.25, 0.3) is 10.9 Å². The zero-order chi connectivity index (χ0) is 17.8. The lowest BCUT2D eigenvalue weighted by atomic mass is 10.0. The number of fused-ring (bicyclic) bond motifs is 1. The fourth-order valence-electron chi connectivity index (χ4n) is 3.43. The number of alkyl carbamates (subject to hydrolysis) is 1. The highest BCUT2D eigenvalue weighted by atomic mass is 16.6. The molecule has 3 N–H and O–H groups in total. The van der Waals surface area contributed by atoms with E-state index in [1.807, 2.05) is 6.07 Å². The highest BCUT2D eigenvalue weighted by Crippen LogP contribution is 2.21. The maximum absolute atomic E-state index is 11.2. The van der Waals surface area contributed by atoms with Crippen LogP contribution in [0.5, 0.6) is 0 Å². The van der Waals surface area contributed by atoms with E-state index in [-0.39, 0.29) is 12.1 Å². The van der Waals surface area contributed by atoms with Crippen molar-refractivity contribution in [1.29, 1.82) is 0 Å². The Morgan fingerprint density at radius 3 is 2.81 bits per heavy atom. The molecule has 0 radical (unpaired) electrons. The molecule has 5 nitrogen and oxygen atoms in total. The van der Waals surface area contributed by atoms with E-state index in [9.17, 15) is 4.79 Å².